The van der Waals surface area contributed by atoms with Crippen LogP contribution in [-0.2, 0) is 0 Å². The molecule has 1 amide bonds. The number of aromatic nitrogens is 2. The summed E-state index contributed by atoms with van der Waals surface area (Å²) in [7, 11) is 0. The van der Waals surface area contributed by atoms with E-state index in [2.05, 4.69) is 20.2 Å². The lowest BCUT2D eigenvalue weighted by atomic mass is 10.1. The van der Waals surface area contributed by atoms with Gasteiger partial charge in [0, 0.05) is 25.0 Å². The van der Waals surface area contributed by atoms with E-state index in [1.165, 1.54) is 19.3 Å². The summed E-state index contributed by atoms with van der Waals surface area (Å²) in [6, 6.07) is 5.97. The molecule has 1 N–H and O–H groups in total. The summed E-state index contributed by atoms with van der Waals surface area (Å²) in [5, 5.41) is 3.00. The Morgan fingerprint density at radius 3 is 2.38 bits per heavy atom. The third kappa shape index (κ3) is 3.40. The van der Waals surface area contributed by atoms with Gasteiger partial charge in [0.25, 0.3) is 5.91 Å². The summed E-state index contributed by atoms with van der Waals surface area (Å²) in [4.78, 5) is 23.8. The van der Waals surface area contributed by atoms with Crippen molar-refractivity contribution in [3.8, 4) is 0 Å². The van der Waals surface area contributed by atoms with Crippen LogP contribution in [0.1, 0.15) is 46.4 Å². The fourth-order valence-corrected chi connectivity index (χ4v) is 3.12. The number of amides is 1. The summed E-state index contributed by atoms with van der Waals surface area (Å²) in [6.07, 6.45) is 5.27. The van der Waals surface area contributed by atoms with Gasteiger partial charge in [-0.05, 0) is 51.2 Å². The van der Waals surface area contributed by atoms with Gasteiger partial charge in [0.05, 0.1) is 11.3 Å². The number of aryl methyl sites for hydroxylation is 3. The van der Waals surface area contributed by atoms with Gasteiger partial charge in [0.15, 0.2) is 0 Å². The second-order valence-electron chi connectivity index (χ2n) is 6.44. The molecule has 2 heterocycles. The minimum Gasteiger partial charge on any atom is -0.341 e. The number of para-hydroxylation sites is 1. The van der Waals surface area contributed by atoms with Crippen molar-refractivity contribution in [1.29, 1.82) is 0 Å². The Morgan fingerprint density at radius 2 is 1.75 bits per heavy atom. The first-order valence-corrected chi connectivity index (χ1v) is 8.52. The van der Waals surface area contributed by atoms with Crippen LogP contribution in [0.15, 0.2) is 24.4 Å². The molecule has 1 fully saturated rings. The van der Waals surface area contributed by atoms with E-state index in [0.717, 1.165) is 35.9 Å². The van der Waals surface area contributed by atoms with Crippen molar-refractivity contribution in [3.05, 3.63) is 46.8 Å². The summed E-state index contributed by atoms with van der Waals surface area (Å²) in [5.74, 6) is 0.575. The molecule has 0 atom stereocenters. The first kappa shape index (κ1) is 16.4. The first-order chi connectivity index (χ1) is 11.6. The summed E-state index contributed by atoms with van der Waals surface area (Å²) < 4.78 is 0. The standard InChI is InChI=1S/C19H24N4O/c1-13-8-7-9-14(2)17(13)22-18(24)16-12-20-19(21-15(16)3)23-10-5-4-6-11-23/h7-9,12H,4-6,10-11H2,1-3H3,(H,22,24). The van der Waals surface area contributed by atoms with Crippen LogP contribution >= 0.6 is 0 Å². The number of piperidine rings is 1. The van der Waals surface area contributed by atoms with Crippen LogP contribution in [0, 0.1) is 20.8 Å². The molecule has 3 rings (SSSR count). The number of anilines is 2. The number of hydrogen-bond donors (Lipinski definition) is 1. The van der Waals surface area contributed by atoms with Crippen molar-refractivity contribution in [2.75, 3.05) is 23.3 Å². The number of hydrogen-bond acceptors (Lipinski definition) is 4. The van der Waals surface area contributed by atoms with E-state index in [1.54, 1.807) is 6.20 Å². The lowest BCUT2D eigenvalue weighted by Crippen LogP contribution is -2.31. The van der Waals surface area contributed by atoms with Gasteiger partial charge >= 0.3 is 0 Å². The quantitative estimate of drug-likeness (QED) is 0.936. The van der Waals surface area contributed by atoms with Crippen LogP contribution in [0.5, 0.6) is 0 Å². The number of carbonyl (C=O) groups excluding carboxylic acids is 1. The van der Waals surface area contributed by atoms with Crippen molar-refractivity contribution in [2.45, 2.75) is 40.0 Å². The Balaban J connectivity index is 1.80. The summed E-state index contributed by atoms with van der Waals surface area (Å²) >= 11 is 0. The largest absolute Gasteiger partial charge is 0.341 e. The molecule has 1 aromatic carbocycles. The molecule has 5 heteroatoms. The van der Waals surface area contributed by atoms with E-state index in [-0.39, 0.29) is 5.91 Å². The predicted octanol–water partition coefficient (Wildman–Crippen LogP) is 3.64. The van der Waals surface area contributed by atoms with Crippen LogP contribution in [0.25, 0.3) is 0 Å². The number of carbonyl (C=O) groups is 1. The molecule has 1 aromatic heterocycles. The third-order valence-corrected chi connectivity index (χ3v) is 4.57. The van der Waals surface area contributed by atoms with Crippen LogP contribution in [0.4, 0.5) is 11.6 Å². The second-order valence-corrected chi connectivity index (χ2v) is 6.44. The molecule has 0 saturated carbocycles. The highest BCUT2D eigenvalue weighted by Crippen LogP contribution is 2.21. The molecular formula is C19H24N4O. The molecule has 5 nitrogen and oxygen atoms in total. The number of benzene rings is 1. The molecule has 1 aliphatic rings. The SMILES string of the molecule is Cc1cccc(C)c1NC(=O)c1cnc(N2CCCCC2)nc1C. The molecule has 126 valence electrons. The lowest BCUT2D eigenvalue weighted by molar-refractivity contribution is 0.102. The zero-order valence-electron chi connectivity index (χ0n) is 14.6. The average Bonchev–Trinajstić information content (AvgIpc) is 2.59. The van der Waals surface area contributed by atoms with Crippen molar-refractivity contribution in [3.63, 3.8) is 0 Å². The minimum absolute atomic E-state index is 0.157. The highest BCUT2D eigenvalue weighted by atomic mass is 16.1. The highest BCUT2D eigenvalue weighted by Gasteiger charge is 2.17. The van der Waals surface area contributed by atoms with E-state index < -0.39 is 0 Å². The molecule has 2 aromatic rings. The molecule has 1 aliphatic heterocycles. The van der Waals surface area contributed by atoms with E-state index in [9.17, 15) is 4.79 Å². The zero-order valence-corrected chi connectivity index (χ0v) is 14.6. The summed E-state index contributed by atoms with van der Waals surface area (Å²) in [5.41, 5.74) is 4.20. The molecule has 0 radical (unpaired) electrons. The van der Waals surface area contributed by atoms with Gasteiger partial charge in [-0.2, -0.15) is 0 Å². The molecule has 0 spiro atoms. The fourth-order valence-electron chi connectivity index (χ4n) is 3.12. The number of rotatable bonds is 3. The molecular weight excluding hydrogens is 300 g/mol. The van der Waals surface area contributed by atoms with Crippen molar-refractivity contribution in [2.24, 2.45) is 0 Å². The van der Waals surface area contributed by atoms with Crippen LogP contribution in [0.3, 0.4) is 0 Å². The Labute approximate surface area is 143 Å². The van der Waals surface area contributed by atoms with E-state index in [4.69, 9.17) is 0 Å². The Bertz CT molecular complexity index is 731. The van der Waals surface area contributed by atoms with Crippen molar-refractivity contribution in [1.82, 2.24) is 9.97 Å². The molecule has 1 saturated heterocycles. The van der Waals surface area contributed by atoms with Crippen LogP contribution in [0.2, 0.25) is 0 Å². The van der Waals surface area contributed by atoms with E-state index >= 15 is 0 Å². The first-order valence-electron chi connectivity index (χ1n) is 8.52. The highest BCUT2D eigenvalue weighted by molar-refractivity contribution is 6.05. The van der Waals surface area contributed by atoms with Gasteiger partial charge in [-0.25, -0.2) is 9.97 Å². The van der Waals surface area contributed by atoms with Gasteiger partial charge < -0.3 is 10.2 Å². The number of nitrogens with zero attached hydrogens (tertiary/aromatic N) is 3. The van der Waals surface area contributed by atoms with E-state index in [0.29, 0.717) is 11.3 Å². The third-order valence-electron chi connectivity index (χ3n) is 4.57. The fraction of sp³-hybridized carbons (Fsp3) is 0.421. The van der Waals surface area contributed by atoms with Gasteiger partial charge in [0.2, 0.25) is 5.95 Å². The van der Waals surface area contributed by atoms with Gasteiger partial charge in [-0.15, -0.1) is 0 Å². The predicted molar refractivity (Wildman–Crippen MR) is 96.7 cm³/mol. The minimum atomic E-state index is -0.157. The van der Waals surface area contributed by atoms with Gasteiger partial charge in [0.1, 0.15) is 0 Å². The maximum Gasteiger partial charge on any atom is 0.259 e. The van der Waals surface area contributed by atoms with Gasteiger partial charge in [-0.1, -0.05) is 18.2 Å². The molecule has 24 heavy (non-hydrogen) atoms. The monoisotopic (exact) mass is 324 g/mol. The smallest absolute Gasteiger partial charge is 0.259 e. The topological polar surface area (TPSA) is 58.1 Å². The van der Waals surface area contributed by atoms with E-state index in [1.807, 2.05) is 39.0 Å². The zero-order chi connectivity index (χ0) is 17.1. The normalized spacial score (nSPS) is 14.5. The lowest BCUT2D eigenvalue weighted by Gasteiger charge is -2.26. The van der Waals surface area contributed by atoms with Gasteiger partial charge in [-0.3, -0.25) is 4.79 Å². The number of nitrogens with one attached hydrogen (secondary N) is 1. The molecule has 0 bridgehead atoms. The van der Waals surface area contributed by atoms with Crippen molar-refractivity contribution < 1.29 is 4.79 Å². The Hall–Kier alpha value is -2.43. The molecule has 0 unspecified atom stereocenters. The van der Waals surface area contributed by atoms with Crippen LogP contribution in [-0.4, -0.2) is 29.0 Å². The second kappa shape index (κ2) is 6.99. The Kier molecular flexibility index (Phi) is 4.79. The Morgan fingerprint density at radius 1 is 1.08 bits per heavy atom. The average molecular weight is 324 g/mol. The molecule has 0 aliphatic carbocycles. The van der Waals surface area contributed by atoms with Crippen LogP contribution < -0.4 is 10.2 Å². The summed E-state index contributed by atoms with van der Waals surface area (Å²) in [6.45, 7) is 7.84. The van der Waals surface area contributed by atoms with Crippen molar-refractivity contribution >= 4 is 17.5 Å². The maximum atomic E-state index is 12.6. The maximum absolute atomic E-state index is 12.6.